The van der Waals surface area contributed by atoms with Gasteiger partial charge < -0.3 is 41.5 Å². The number of carbonyl (C=O) groups is 3. The second kappa shape index (κ2) is 15.6. The second-order valence-electron chi connectivity index (χ2n) is 14.2. The number of carboxylic acids is 2. The standard InChI is InChI=1S/C20H22N8O5.C18H25NO/c1-28(9-11-8-23-17-15(24-11)16(21)26-20(22)27-17)12-4-2-10(3-5-12)18(31)25-13(19(32)33)6-7-14(29)30;1-19-10-9-18-8-4-3-5-15(18)17(19)11-13-6-7-14(20-2)12-16(13)18/h2-5,8,13H,6-7,9H2,1H3,(H,25,31)(H,29,30)(H,32,33)(H4,21,22,23,26,27);6-7,12,15,17H,3-5,8-11H2,1-2H3/t13-;15-,17-,18-/m01/s1. The lowest BCUT2D eigenvalue weighted by atomic mass is 9.52. The molecule has 0 unspecified atom stereocenters. The van der Waals surface area contributed by atoms with Gasteiger partial charge in [-0.2, -0.15) is 9.97 Å². The molecule has 0 spiro atoms. The highest BCUT2D eigenvalue weighted by Crippen LogP contribution is 2.55. The lowest BCUT2D eigenvalue weighted by molar-refractivity contribution is -0.140. The van der Waals surface area contributed by atoms with Gasteiger partial charge in [0.2, 0.25) is 5.95 Å². The predicted molar refractivity (Wildman–Crippen MR) is 200 cm³/mol. The van der Waals surface area contributed by atoms with Crippen molar-refractivity contribution in [1.29, 1.82) is 0 Å². The van der Waals surface area contributed by atoms with E-state index in [-0.39, 0.29) is 30.2 Å². The van der Waals surface area contributed by atoms with Gasteiger partial charge in [-0.05, 0) is 99.1 Å². The van der Waals surface area contributed by atoms with Crippen molar-refractivity contribution in [2.45, 2.75) is 75.4 Å². The maximum absolute atomic E-state index is 12.4. The summed E-state index contributed by atoms with van der Waals surface area (Å²) in [6, 6.07) is 12.8. The molecule has 2 aliphatic carbocycles. The molecular weight excluding hydrogens is 678 g/mol. The number of aliphatic carboxylic acids is 2. The lowest BCUT2D eigenvalue weighted by Gasteiger charge is -2.58. The Kier molecular flexibility index (Phi) is 10.9. The summed E-state index contributed by atoms with van der Waals surface area (Å²) in [6.07, 6.45) is 9.19. The first kappa shape index (κ1) is 37.2. The van der Waals surface area contributed by atoms with Gasteiger partial charge in [-0.25, -0.2) is 14.8 Å². The molecule has 4 aromatic rings. The van der Waals surface area contributed by atoms with Crippen LogP contribution in [0.4, 0.5) is 17.5 Å². The van der Waals surface area contributed by atoms with Gasteiger partial charge >= 0.3 is 11.9 Å². The number of methoxy groups -OCH3 is 1. The summed E-state index contributed by atoms with van der Waals surface area (Å²) in [5.74, 6) is -0.996. The van der Waals surface area contributed by atoms with Crippen LogP contribution in [0.2, 0.25) is 0 Å². The molecule has 4 atom stereocenters. The minimum Gasteiger partial charge on any atom is -0.497 e. The van der Waals surface area contributed by atoms with Crippen LogP contribution in [0.1, 0.15) is 72.1 Å². The molecule has 7 rings (SSSR count). The van der Waals surface area contributed by atoms with E-state index in [1.807, 2.05) is 11.9 Å². The van der Waals surface area contributed by atoms with Crippen molar-refractivity contribution in [3.63, 3.8) is 0 Å². The van der Waals surface area contributed by atoms with E-state index in [2.05, 4.69) is 55.4 Å². The summed E-state index contributed by atoms with van der Waals surface area (Å²) in [5, 5.41) is 20.2. The number of fused-ring (bicyclic) bond motifs is 2. The van der Waals surface area contributed by atoms with Crippen LogP contribution >= 0.6 is 0 Å². The zero-order chi connectivity index (χ0) is 37.9. The van der Waals surface area contributed by atoms with Crippen molar-refractivity contribution in [1.82, 2.24) is 30.2 Å². The number of benzene rings is 2. The number of anilines is 3. The first-order valence-corrected chi connectivity index (χ1v) is 17.9. The van der Waals surface area contributed by atoms with E-state index in [4.69, 9.17) is 21.3 Å². The van der Waals surface area contributed by atoms with Gasteiger partial charge in [0.25, 0.3) is 5.91 Å². The molecule has 2 fully saturated rings. The van der Waals surface area contributed by atoms with Crippen LogP contribution < -0.4 is 26.4 Å². The summed E-state index contributed by atoms with van der Waals surface area (Å²) in [4.78, 5) is 55.3. The van der Waals surface area contributed by atoms with Crippen LogP contribution in [-0.2, 0) is 28.0 Å². The molecule has 1 amide bonds. The van der Waals surface area contributed by atoms with E-state index >= 15 is 0 Å². The Balaban J connectivity index is 0.000000203. The molecule has 1 aliphatic heterocycles. The summed E-state index contributed by atoms with van der Waals surface area (Å²) in [5.41, 5.74) is 17.3. The summed E-state index contributed by atoms with van der Waals surface area (Å²) in [6.45, 7) is 1.63. The van der Waals surface area contributed by atoms with Gasteiger partial charge in [0, 0.05) is 36.2 Å². The maximum atomic E-state index is 12.4. The largest absolute Gasteiger partial charge is 0.497 e. The molecule has 2 aromatic heterocycles. The SMILES string of the molecule is CN(Cc1cnc2nc(N)nc(N)c2n1)c1ccc(C(=O)N[C@@H](CCC(=O)O)C(=O)O)cc1.COc1ccc2c(c1)[C@@]13CCCC[C@@H]1[C@@H](C2)N(C)CC3. The van der Waals surface area contributed by atoms with Crippen molar-refractivity contribution < 1.29 is 29.3 Å². The lowest BCUT2D eigenvalue weighted by Crippen LogP contribution is -2.59. The van der Waals surface area contributed by atoms with Crippen LogP contribution in [0.3, 0.4) is 0 Å². The van der Waals surface area contributed by atoms with Crippen molar-refractivity contribution in [3.8, 4) is 5.75 Å². The average Bonchev–Trinajstić information content (AvgIpc) is 3.15. The predicted octanol–water partition coefficient (Wildman–Crippen LogP) is 3.65. The quantitative estimate of drug-likeness (QED) is 0.158. The van der Waals surface area contributed by atoms with Crippen LogP contribution in [0.25, 0.3) is 11.2 Å². The number of rotatable bonds is 10. The number of nitrogen functional groups attached to an aromatic ring is 2. The van der Waals surface area contributed by atoms with E-state index in [1.165, 1.54) is 57.2 Å². The van der Waals surface area contributed by atoms with Crippen molar-refractivity contribution in [2.24, 2.45) is 5.92 Å². The van der Waals surface area contributed by atoms with Gasteiger partial charge in [0.05, 0.1) is 25.5 Å². The Morgan fingerprint density at radius 1 is 1.08 bits per heavy atom. The van der Waals surface area contributed by atoms with Crippen LogP contribution in [0.5, 0.6) is 5.75 Å². The zero-order valence-corrected chi connectivity index (χ0v) is 30.3. The van der Waals surface area contributed by atoms with Gasteiger partial charge in [-0.3, -0.25) is 9.59 Å². The number of nitrogens with zero attached hydrogens (tertiary/aromatic N) is 6. The third kappa shape index (κ3) is 7.94. The smallest absolute Gasteiger partial charge is 0.326 e. The number of hydrogen-bond acceptors (Lipinski definition) is 12. The molecule has 1 saturated carbocycles. The Bertz CT molecular complexity index is 1990. The van der Waals surface area contributed by atoms with E-state index in [0.29, 0.717) is 28.8 Å². The molecule has 15 heteroatoms. The highest BCUT2D eigenvalue weighted by atomic mass is 16.5. The molecule has 7 N–H and O–H groups in total. The minimum atomic E-state index is -1.30. The van der Waals surface area contributed by atoms with E-state index < -0.39 is 23.9 Å². The first-order valence-electron chi connectivity index (χ1n) is 17.9. The topological polar surface area (TPSA) is 223 Å². The molecule has 1 saturated heterocycles. The molecule has 15 nitrogen and oxygen atoms in total. The Hall–Kier alpha value is -5.57. The molecule has 53 heavy (non-hydrogen) atoms. The molecule has 0 radical (unpaired) electrons. The normalized spacial score (nSPS) is 20.9. The molecule has 3 aliphatic rings. The van der Waals surface area contributed by atoms with E-state index in [0.717, 1.165) is 23.4 Å². The Morgan fingerprint density at radius 2 is 1.85 bits per heavy atom. The van der Waals surface area contributed by atoms with Gasteiger partial charge in [0.15, 0.2) is 17.0 Å². The third-order valence-corrected chi connectivity index (χ3v) is 11.0. The number of nitrogens with two attached hydrogens (primary N) is 2. The van der Waals surface area contributed by atoms with Gasteiger partial charge in [-0.1, -0.05) is 18.9 Å². The molecular formula is C38H47N9O6. The number of nitrogens with one attached hydrogen (secondary N) is 1. The van der Waals surface area contributed by atoms with E-state index in [1.54, 1.807) is 36.6 Å². The molecule has 3 heterocycles. The van der Waals surface area contributed by atoms with Crippen LogP contribution in [0.15, 0.2) is 48.7 Å². The number of hydrogen-bond donors (Lipinski definition) is 5. The number of likely N-dealkylation sites (tertiary alicyclic amines) is 1. The first-order chi connectivity index (χ1) is 25.4. The fourth-order valence-electron chi connectivity index (χ4n) is 8.33. The number of aromatic nitrogens is 4. The Labute approximate surface area is 307 Å². The summed E-state index contributed by atoms with van der Waals surface area (Å²) in [7, 11) is 5.94. The summed E-state index contributed by atoms with van der Waals surface area (Å²) >= 11 is 0. The average molecular weight is 726 g/mol. The number of amides is 1. The van der Waals surface area contributed by atoms with Crippen LogP contribution in [-0.4, -0.2) is 92.7 Å². The highest BCUT2D eigenvalue weighted by Gasteiger charge is 2.53. The number of carbonyl (C=O) groups excluding carboxylic acids is 1. The third-order valence-electron chi connectivity index (χ3n) is 11.0. The fraction of sp³-hybridized carbons (Fsp3) is 0.447. The second-order valence-corrected chi connectivity index (χ2v) is 14.2. The van der Waals surface area contributed by atoms with Crippen molar-refractivity contribution in [2.75, 3.05) is 44.1 Å². The molecule has 280 valence electrons. The number of likely N-dealkylation sites (N-methyl/N-ethyl adjacent to an activating group) is 1. The van der Waals surface area contributed by atoms with Crippen molar-refractivity contribution in [3.05, 3.63) is 71.0 Å². The maximum Gasteiger partial charge on any atom is 0.326 e. The number of ether oxygens (including phenoxy) is 1. The minimum absolute atomic E-state index is 0.0138. The van der Waals surface area contributed by atoms with Gasteiger partial charge in [0.1, 0.15) is 11.8 Å². The highest BCUT2D eigenvalue weighted by molar-refractivity contribution is 5.97. The molecule has 2 aromatic carbocycles. The molecule has 2 bridgehead atoms. The van der Waals surface area contributed by atoms with Crippen molar-refractivity contribution >= 4 is 46.5 Å². The number of piperidine rings is 1. The summed E-state index contributed by atoms with van der Waals surface area (Å²) < 4.78 is 5.51. The van der Waals surface area contributed by atoms with Crippen LogP contribution in [0, 0.1) is 5.92 Å². The fourth-order valence-corrected chi connectivity index (χ4v) is 8.33. The van der Waals surface area contributed by atoms with Gasteiger partial charge in [-0.15, -0.1) is 0 Å². The van der Waals surface area contributed by atoms with E-state index in [9.17, 15) is 19.5 Å². The number of carboxylic acid groups (broad SMARTS) is 2. The Morgan fingerprint density at radius 3 is 2.57 bits per heavy atom. The monoisotopic (exact) mass is 725 g/mol. The zero-order valence-electron chi connectivity index (χ0n) is 30.3.